The summed E-state index contributed by atoms with van der Waals surface area (Å²) in [4.78, 5) is 16.2. The summed E-state index contributed by atoms with van der Waals surface area (Å²) in [6, 6.07) is 21.7. The maximum atomic E-state index is 12.7. The first kappa shape index (κ1) is 21.0. The van der Waals surface area contributed by atoms with Gasteiger partial charge in [-0.3, -0.25) is 4.79 Å². The Morgan fingerprint density at radius 3 is 2.76 bits per heavy atom. The molecule has 0 fully saturated rings. The van der Waals surface area contributed by atoms with Gasteiger partial charge in [-0.25, -0.2) is 5.43 Å². The van der Waals surface area contributed by atoms with Crippen molar-refractivity contribution in [2.75, 3.05) is 0 Å². The van der Waals surface area contributed by atoms with E-state index in [2.05, 4.69) is 46.7 Å². The summed E-state index contributed by atoms with van der Waals surface area (Å²) in [7, 11) is 0. The van der Waals surface area contributed by atoms with Gasteiger partial charge in [-0.15, -0.1) is 0 Å². The van der Waals surface area contributed by atoms with Crippen LogP contribution >= 0.6 is 0 Å². The third-order valence-corrected chi connectivity index (χ3v) is 6.16. The van der Waals surface area contributed by atoms with Crippen molar-refractivity contribution < 1.29 is 9.53 Å². The Morgan fingerprint density at radius 2 is 1.88 bits per heavy atom. The smallest absolute Gasteiger partial charge is 0.271 e. The molecule has 0 unspecified atom stereocenters. The van der Waals surface area contributed by atoms with Crippen LogP contribution < -0.4 is 10.2 Å². The van der Waals surface area contributed by atoms with Gasteiger partial charge < -0.3 is 9.72 Å². The van der Waals surface area contributed by atoms with Gasteiger partial charge in [-0.05, 0) is 74.1 Å². The number of hydrogen-bond donors (Lipinski definition) is 2. The number of fused-ring (bicyclic) bond motifs is 3. The molecule has 4 aromatic rings. The van der Waals surface area contributed by atoms with Crippen LogP contribution in [0.2, 0.25) is 0 Å². The van der Waals surface area contributed by atoms with Crippen molar-refractivity contribution >= 4 is 23.0 Å². The lowest BCUT2D eigenvalue weighted by Crippen LogP contribution is -2.17. The van der Waals surface area contributed by atoms with Crippen molar-refractivity contribution in [3.63, 3.8) is 0 Å². The molecule has 0 saturated heterocycles. The van der Waals surface area contributed by atoms with Gasteiger partial charge >= 0.3 is 0 Å². The third kappa shape index (κ3) is 4.67. The number of benzene rings is 3. The molecule has 0 radical (unpaired) electrons. The summed E-state index contributed by atoms with van der Waals surface area (Å²) in [5.74, 6) is 0.494. The van der Waals surface area contributed by atoms with Crippen LogP contribution in [0.5, 0.6) is 5.75 Å². The Kier molecular flexibility index (Phi) is 5.94. The number of para-hydroxylation sites is 1. The van der Waals surface area contributed by atoms with E-state index in [1.165, 1.54) is 29.7 Å². The number of hydrazone groups is 1. The molecule has 0 aliphatic heterocycles. The minimum atomic E-state index is -0.225. The zero-order chi connectivity index (χ0) is 22.6. The number of carbonyl (C=O) groups is 1. The number of nitrogens with zero attached hydrogens (tertiary/aromatic N) is 1. The lowest BCUT2D eigenvalue weighted by atomic mass is 9.95. The van der Waals surface area contributed by atoms with Crippen LogP contribution in [0.1, 0.15) is 51.1 Å². The fourth-order valence-corrected chi connectivity index (χ4v) is 4.34. The van der Waals surface area contributed by atoms with E-state index in [1.807, 2.05) is 42.5 Å². The van der Waals surface area contributed by atoms with E-state index < -0.39 is 0 Å². The van der Waals surface area contributed by atoms with Crippen LogP contribution in [0.15, 0.2) is 71.8 Å². The predicted molar refractivity (Wildman–Crippen MR) is 132 cm³/mol. The van der Waals surface area contributed by atoms with E-state index in [-0.39, 0.29) is 5.91 Å². The Labute approximate surface area is 193 Å². The zero-order valence-corrected chi connectivity index (χ0v) is 18.7. The topological polar surface area (TPSA) is 66.5 Å². The predicted octanol–water partition coefficient (Wildman–Crippen LogP) is 5.70. The maximum Gasteiger partial charge on any atom is 0.271 e. The molecular formula is C28H27N3O2. The highest BCUT2D eigenvalue weighted by Gasteiger charge is 2.16. The summed E-state index contributed by atoms with van der Waals surface area (Å²) in [6.07, 6.45) is 6.20. The quantitative estimate of drug-likeness (QED) is 0.300. The normalized spacial score (nSPS) is 13.2. The lowest BCUT2D eigenvalue weighted by molar-refractivity contribution is 0.0955. The van der Waals surface area contributed by atoms with Crippen molar-refractivity contribution in [1.29, 1.82) is 0 Å². The number of carbonyl (C=O) groups excluding carboxylic acids is 1. The monoisotopic (exact) mass is 437 g/mol. The second kappa shape index (κ2) is 9.33. The largest absolute Gasteiger partial charge is 0.488 e. The molecule has 166 valence electrons. The van der Waals surface area contributed by atoms with E-state index in [9.17, 15) is 4.79 Å². The van der Waals surface area contributed by atoms with Crippen molar-refractivity contribution in [2.45, 2.75) is 39.2 Å². The first-order valence-electron chi connectivity index (χ1n) is 11.4. The first-order valence-corrected chi connectivity index (χ1v) is 11.4. The molecule has 5 heteroatoms. The zero-order valence-electron chi connectivity index (χ0n) is 18.7. The van der Waals surface area contributed by atoms with Gasteiger partial charge in [0.1, 0.15) is 12.4 Å². The molecule has 3 aromatic carbocycles. The molecule has 5 rings (SSSR count). The number of nitrogens with one attached hydrogen (secondary N) is 2. The lowest BCUT2D eigenvalue weighted by Gasteiger charge is -2.10. The number of H-pyrrole nitrogens is 1. The molecular weight excluding hydrogens is 410 g/mol. The van der Waals surface area contributed by atoms with Crippen LogP contribution in [0.25, 0.3) is 10.9 Å². The number of hydrogen-bond acceptors (Lipinski definition) is 3. The highest BCUT2D eigenvalue weighted by molar-refractivity contribution is 5.99. The van der Waals surface area contributed by atoms with Crippen LogP contribution in [0.3, 0.4) is 0 Å². The van der Waals surface area contributed by atoms with Crippen LogP contribution in [-0.4, -0.2) is 17.1 Å². The van der Waals surface area contributed by atoms with Crippen molar-refractivity contribution in [2.24, 2.45) is 5.10 Å². The van der Waals surface area contributed by atoms with Gasteiger partial charge in [0.2, 0.25) is 0 Å². The Balaban J connectivity index is 1.26. The minimum Gasteiger partial charge on any atom is -0.488 e. The average Bonchev–Trinajstić information content (AvgIpc) is 3.22. The first-order chi connectivity index (χ1) is 16.2. The van der Waals surface area contributed by atoms with Gasteiger partial charge in [-0.1, -0.05) is 42.0 Å². The van der Waals surface area contributed by atoms with E-state index in [4.69, 9.17) is 4.74 Å². The Bertz CT molecular complexity index is 1320. The summed E-state index contributed by atoms with van der Waals surface area (Å²) < 4.78 is 5.99. The summed E-state index contributed by atoms with van der Waals surface area (Å²) in [6.45, 7) is 2.54. The van der Waals surface area contributed by atoms with Crippen LogP contribution in [0.4, 0.5) is 0 Å². The van der Waals surface area contributed by atoms with E-state index >= 15 is 0 Å². The molecule has 1 heterocycles. The van der Waals surface area contributed by atoms with Gasteiger partial charge in [0.15, 0.2) is 0 Å². The molecule has 2 N–H and O–H groups in total. The molecule has 0 atom stereocenters. The third-order valence-electron chi connectivity index (χ3n) is 6.16. The van der Waals surface area contributed by atoms with Gasteiger partial charge in [0, 0.05) is 27.7 Å². The van der Waals surface area contributed by atoms with E-state index in [0.717, 1.165) is 40.6 Å². The number of rotatable bonds is 6. The summed E-state index contributed by atoms with van der Waals surface area (Å²) in [5.41, 5.74) is 10.2. The molecule has 1 aliphatic carbocycles. The second-order valence-electron chi connectivity index (χ2n) is 8.56. The average molecular weight is 438 g/mol. The van der Waals surface area contributed by atoms with Gasteiger partial charge in [0.25, 0.3) is 5.91 Å². The fraction of sp³-hybridized carbons (Fsp3) is 0.214. The standard InChI is InChI=1S/C28H27N3O2/c1-19-10-12-20(13-11-19)18-33-27-9-5-2-6-22(27)17-29-31-28(32)21-14-15-26-24(16-21)23-7-3-4-8-25(23)30-26/h2,5-6,9-17,30H,3-4,7-8,18H2,1H3,(H,31,32)/b29-17-. The number of amides is 1. The molecule has 0 bridgehead atoms. The van der Waals surface area contributed by atoms with E-state index in [0.29, 0.717) is 12.2 Å². The molecule has 1 aliphatic rings. The summed E-state index contributed by atoms with van der Waals surface area (Å²) in [5, 5.41) is 5.34. The summed E-state index contributed by atoms with van der Waals surface area (Å²) >= 11 is 0. The van der Waals surface area contributed by atoms with Crippen molar-refractivity contribution in [3.05, 3.63) is 100 Å². The van der Waals surface area contributed by atoms with Crippen LogP contribution in [-0.2, 0) is 19.4 Å². The Morgan fingerprint density at radius 1 is 1.06 bits per heavy atom. The number of aryl methyl sites for hydroxylation is 3. The van der Waals surface area contributed by atoms with Gasteiger partial charge in [0.05, 0.1) is 6.21 Å². The molecule has 5 nitrogen and oxygen atoms in total. The maximum absolute atomic E-state index is 12.7. The number of aromatic amines is 1. The Hall–Kier alpha value is -3.86. The second-order valence-corrected chi connectivity index (χ2v) is 8.56. The molecule has 0 saturated carbocycles. The van der Waals surface area contributed by atoms with Gasteiger partial charge in [-0.2, -0.15) is 5.10 Å². The molecule has 33 heavy (non-hydrogen) atoms. The number of ether oxygens (including phenoxy) is 1. The highest BCUT2D eigenvalue weighted by atomic mass is 16.5. The fourth-order valence-electron chi connectivity index (χ4n) is 4.34. The molecule has 1 amide bonds. The van der Waals surface area contributed by atoms with Crippen molar-refractivity contribution in [1.82, 2.24) is 10.4 Å². The molecule has 1 aromatic heterocycles. The van der Waals surface area contributed by atoms with Crippen molar-refractivity contribution in [3.8, 4) is 5.75 Å². The SMILES string of the molecule is Cc1ccc(COc2ccccc2/C=N\NC(=O)c2ccc3[nH]c4c(c3c2)CCCC4)cc1. The minimum absolute atomic E-state index is 0.225. The van der Waals surface area contributed by atoms with E-state index in [1.54, 1.807) is 6.21 Å². The molecule has 0 spiro atoms. The van der Waals surface area contributed by atoms with Crippen LogP contribution in [0, 0.1) is 6.92 Å². The number of aromatic nitrogens is 1. The highest BCUT2D eigenvalue weighted by Crippen LogP contribution is 2.29.